The molecule has 0 spiro atoms. The predicted octanol–water partition coefficient (Wildman–Crippen LogP) is 6.77. The van der Waals surface area contributed by atoms with Crippen molar-refractivity contribution in [3.8, 4) is 0 Å². The Labute approximate surface area is 248 Å². The molecule has 3 atom stereocenters. The average molecular weight is 611 g/mol. The normalized spacial score (nSPS) is 14.4. The number of esters is 2. The standard InChI is InChI=1S/C30H59O10P/c1-3-5-6-7-8-9-10-11-12-13-14-15-16-17-18-19-20-21-22-30(34)40-28(25-37-29(33)4-2)26-39-41(35,36)38-24-27(32)23-31/h27-28,31-32H,3-26H2,1-2H3,(H,35,36). The number of rotatable bonds is 30. The summed E-state index contributed by atoms with van der Waals surface area (Å²) in [5.41, 5.74) is 0. The van der Waals surface area contributed by atoms with E-state index in [4.69, 9.17) is 19.1 Å². The second kappa shape index (κ2) is 27.8. The first-order chi connectivity index (χ1) is 19.7. The third kappa shape index (κ3) is 27.5. The zero-order valence-corrected chi connectivity index (χ0v) is 26.7. The molecule has 0 aliphatic heterocycles. The quantitative estimate of drug-likeness (QED) is 0.0452. The minimum atomic E-state index is -4.57. The lowest BCUT2D eigenvalue weighted by molar-refractivity contribution is -0.161. The van der Waals surface area contributed by atoms with E-state index in [9.17, 15) is 24.2 Å². The van der Waals surface area contributed by atoms with Crippen LogP contribution in [0.5, 0.6) is 0 Å². The number of aliphatic hydroxyl groups is 2. The van der Waals surface area contributed by atoms with Crippen LogP contribution in [0.1, 0.15) is 142 Å². The molecule has 0 radical (unpaired) electrons. The third-order valence-electron chi connectivity index (χ3n) is 6.82. The highest BCUT2D eigenvalue weighted by atomic mass is 31.2. The Kier molecular flexibility index (Phi) is 27.1. The van der Waals surface area contributed by atoms with Gasteiger partial charge in [0, 0.05) is 12.8 Å². The Morgan fingerprint density at radius 3 is 1.54 bits per heavy atom. The molecule has 0 saturated heterocycles. The first kappa shape index (κ1) is 40.0. The van der Waals surface area contributed by atoms with Gasteiger partial charge in [-0.1, -0.05) is 123 Å². The maximum atomic E-state index is 12.3. The number of unbranched alkanes of at least 4 members (excludes halogenated alkanes) is 17. The van der Waals surface area contributed by atoms with Gasteiger partial charge in [-0.05, 0) is 6.42 Å². The van der Waals surface area contributed by atoms with E-state index >= 15 is 0 Å². The number of phosphoric acid groups is 1. The van der Waals surface area contributed by atoms with Crippen LogP contribution in [0, 0.1) is 0 Å². The van der Waals surface area contributed by atoms with Gasteiger partial charge in [-0.25, -0.2) is 4.57 Å². The van der Waals surface area contributed by atoms with Crippen molar-refractivity contribution in [3.63, 3.8) is 0 Å². The van der Waals surface area contributed by atoms with Gasteiger partial charge in [0.1, 0.15) is 12.7 Å². The summed E-state index contributed by atoms with van der Waals surface area (Å²) in [6.45, 7) is 1.75. The van der Waals surface area contributed by atoms with E-state index in [0.29, 0.717) is 6.42 Å². The highest BCUT2D eigenvalue weighted by molar-refractivity contribution is 7.47. The van der Waals surface area contributed by atoms with Crippen molar-refractivity contribution < 1.29 is 47.8 Å². The van der Waals surface area contributed by atoms with Crippen LogP contribution in [0.4, 0.5) is 0 Å². The van der Waals surface area contributed by atoms with Gasteiger partial charge in [-0.2, -0.15) is 0 Å². The molecule has 3 unspecified atom stereocenters. The Hall–Kier alpha value is -1.03. The van der Waals surface area contributed by atoms with Crippen LogP contribution in [0.15, 0.2) is 0 Å². The second-order valence-corrected chi connectivity index (χ2v) is 12.3. The molecule has 244 valence electrons. The summed E-state index contributed by atoms with van der Waals surface area (Å²) >= 11 is 0. The summed E-state index contributed by atoms with van der Waals surface area (Å²) in [4.78, 5) is 33.5. The maximum absolute atomic E-state index is 12.3. The summed E-state index contributed by atoms with van der Waals surface area (Å²) in [5, 5.41) is 18.0. The Morgan fingerprint density at radius 2 is 1.10 bits per heavy atom. The van der Waals surface area contributed by atoms with Crippen LogP contribution in [-0.4, -0.2) is 65.7 Å². The van der Waals surface area contributed by atoms with Crippen molar-refractivity contribution in [2.75, 3.05) is 26.4 Å². The molecule has 41 heavy (non-hydrogen) atoms. The van der Waals surface area contributed by atoms with Crippen LogP contribution in [0.3, 0.4) is 0 Å². The maximum Gasteiger partial charge on any atom is 0.472 e. The van der Waals surface area contributed by atoms with E-state index in [0.717, 1.165) is 19.3 Å². The number of aliphatic hydroxyl groups excluding tert-OH is 2. The van der Waals surface area contributed by atoms with E-state index in [1.54, 1.807) is 6.92 Å². The molecule has 11 heteroatoms. The van der Waals surface area contributed by atoms with E-state index < -0.39 is 51.8 Å². The Morgan fingerprint density at radius 1 is 0.659 bits per heavy atom. The van der Waals surface area contributed by atoms with Crippen molar-refractivity contribution in [2.45, 2.75) is 154 Å². The molecule has 0 aliphatic rings. The van der Waals surface area contributed by atoms with Crippen molar-refractivity contribution in [1.82, 2.24) is 0 Å². The SMILES string of the molecule is CCCCCCCCCCCCCCCCCCCCC(=O)OC(COC(=O)CC)COP(=O)(O)OCC(O)CO. The summed E-state index contributed by atoms with van der Waals surface area (Å²) in [6, 6.07) is 0. The van der Waals surface area contributed by atoms with E-state index in [2.05, 4.69) is 11.4 Å². The van der Waals surface area contributed by atoms with E-state index in [1.807, 2.05) is 0 Å². The van der Waals surface area contributed by atoms with E-state index in [1.165, 1.54) is 89.9 Å². The molecule has 0 aromatic carbocycles. The molecule has 0 saturated carbocycles. The van der Waals surface area contributed by atoms with Crippen LogP contribution >= 0.6 is 7.82 Å². The molecule has 0 amide bonds. The third-order valence-corrected chi connectivity index (χ3v) is 7.77. The number of ether oxygens (including phenoxy) is 2. The molecule has 0 aromatic heterocycles. The molecule has 0 rings (SSSR count). The topological polar surface area (TPSA) is 149 Å². The second-order valence-electron chi connectivity index (χ2n) is 10.8. The van der Waals surface area contributed by atoms with Gasteiger partial charge in [-0.3, -0.25) is 18.6 Å². The lowest BCUT2D eigenvalue weighted by Gasteiger charge is -2.20. The van der Waals surface area contributed by atoms with Crippen molar-refractivity contribution in [2.24, 2.45) is 0 Å². The number of carbonyl (C=O) groups excluding carboxylic acids is 2. The summed E-state index contributed by atoms with van der Waals surface area (Å²) in [7, 11) is -4.57. The zero-order chi connectivity index (χ0) is 30.6. The predicted molar refractivity (Wildman–Crippen MR) is 159 cm³/mol. The fourth-order valence-electron chi connectivity index (χ4n) is 4.27. The summed E-state index contributed by atoms with van der Waals surface area (Å²) in [5.74, 6) is -1.02. The largest absolute Gasteiger partial charge is 0.472 e. The molecule has 0 bridgehead atoms. The van der Waals surface area contributed by atoms with E-state index in [-0.39, 0.29) is 19.4 Å². The van der Waals surface area contributed by atoms with Gasteiger partial charge in [0.25, 0.3) is 0 Å². The van der Waals surface area contributed by atoms with Crippen LogP contribution < -0.4 is 0 Å². The first-order valence-corrected chi connectivity index (χ1v) is 17.5. The molecule has 0 aromatic rings. The molecule has 0 heterocycles. The molecular weight excluding hydrogens is 551 g/mol. The number of phosphoric ester groups is 1. The zero-order valence-electron chi connectivity index (χ0n) is 25.8. The lowest BCUT2D eigenvalue weighted by Crippen LogP contribution is -2.29. The van der Waals surface area contributed by atoms with Crippen LogP contribution in [-0.2, 0) is 32.7 Å². The van der Waals surface area contributed by atoms with Gasteiger partial charge in [0.15, 0.2) is 6.10 Å². The summed E-state index contributed by atoms with van der Waals surface area (Å²) < 4.78 is 31.6. The monoisotopic (exact) mass is 610 g/mol. The van der Waals surface area contributed by atoms with Gasteiger partial charge >= 0.3 is 19.8 Å². The van der Waals surface area contributed by atoms with Gasteiger partial charge < -0.3 is 24.6 Å². The van der Waals surface area contributed by atoms with Gasteiger partial charge in [-0.15, -0.1) is 0 Å². The smallest absolute Gasteiger partial charge is 0.462 e. The Bertz CT molecular complexity index is 676. The molecule has 0 aliphatic carbocycles. The van der Waals surface area contributed by atoms with Crippen LogP contribution in [0.25, 0.3) is 0 Å². The van der Waals surface area contributed by atoms with Crippen molar-refractivity contribution in [3.05, 3.63) is 0 Å². The highest BCUT2D eigenvalue weighted by Crippen LogP contribution is 2.43. The van der Waals surface area contributed by atoms with Crippen molar-refractivity contribution in [1.29, 1.82) is 0 Å². The Balaban J connectivity index is 3.92. The van der Waals surface area contributed by atoms with Crippen LogP contribution in [0.2, 0.25) is 0 Å². The molecule has 10 nitrogen and oxygen atoms in total. The average Bonchev–Trinajstić information content (AvgIpc) is 2.96. The lowest BCUT2D eigenvalue weighted by atomic mass is 10.0. The van der Waals surface area contributed by atoms with Crippen molar-refractivity contribution >= 4 is 19.8 Å². The highest BCUT2D eigenvalue weighted by Gasteiger charge is 2.27. The summed E-state index contributed by atoms with van der Waals surface area (Å²) in [6.07, 6.45) is 20.5. The number of hydrogen-bond donors (Lipinski definition) is 3. The van der Waals surface area contributed by atoms with Gasteiger partial charge in [0.2, 0.25) is 0 Å². The molecule has 3 N–H and O–H groups in total. The molecule has 0 fully saturated rings. The fraction of sp³-hybridized carbons (Fsp3) is 0.933. The fourth-order valence-corrected chi connectivity index (χ4v) is 5.06. The van der Waals surface area contributed by atoms with Gasteiger partial charge in [0.05, 0.1) is 19.8 Å². The number of carbonyl (C=O) groups is 2. The first-order valence-electron chi connectivity index (χ1n) is 16.0. The molecular formula is C30H59O10P. The number of hydrogen-bond acceptors (Lipinski definition) is 9. The minimum absolute atomic E-state index is 0.126. The minimum Gasteiger partial charge on any atom is -0.462 e.